The van der Waals surface area contributed by atoms with E-state index in [0.29, 0.717) is 6.42 Å². The molecule has 1 heterocycles. The van der Waals surface area contributed by atoms with Crippen LogP contribution >= 0.6 is 0 Å². The molecule has 94 valence electrons. The van der Waals surface area contributed by atoms with E-state index in [1.54, 1.807) is 13.0 Å². The highest BCUT2D eigenvalue weighted by molar-refractivity contribution is 5.43. The second kappa shape index (κ2) is 5.07. The van der Waals surface area contributed by atoms with Crippen molar-refractivity contribution in [2.24, 2.45) is 0 Å². The minimum Gasteiger partial charge on any atom is -0.474 e. The van der Waals surface area contributed by atoms with Crippen molar-refractivity contribution in [3.63, 3.8) is 0 Å². The van der Waals surface area contributed by atoms with Gasteiger partial charge in [0, 0.05) is 6.42 Å². The lowest BCUT2D eigenvalue weighted by Crippen LogP contribution is -2.16. The SMILES string of the molecule is C=CC[C@@H](C)Oc1ncc(N)cc1C(F)(F)F. The van der Waals surface area contributed by atoms with Gasteiger partial charge >= 0.3 is 6.18 Å². The van der Waals surface area contributed by atoms with Crippen LogP contribution in [0.2, 0.25) is 0 Å². The Hall–Kier alpha value is -1.72. The van der Waals surface area contributed by atoms with E-state index in [-0.39, 0.29) is 5.69 Å². The molecule has 1 aromatic heterocycles. The van der Waals surface area contributed by atoms with Crippen molar-refractivity contribution in [2.75, 3.05) is 5.73 Å². The smallest absolute Gasteiger partial charge is 0.421 e. The predicted molar refractivity (Wildman–Crippen MR) is 58.6 cm³/mol. The molecule has 0 aliphatic carbocycles. The molecule has 3 nitrogen and oxygen atoms in total. The summed E-state index contributed by atoms with van der Waals surface area (Å²) in [7, 11) is 0. The average Bonchev–Trinajstić information content (AvgIpc) is 2.19. The van der Waals surface area contributed by atoms with Gasteiger partial charge in [-0.3, -0.25) is 0 Å². The van der Waals surface area contributed by atoms with Crippen molar-refractivity contribution < 1.29 is 17.9 Å². The molecule has 6 heteroatoms. The first-order valence-corrected chi connectivity index (χ1v) is 4.95. The number of hydrogen-bond acceptors (Lipinski definition) is 3. The summed E-state index contributed by atoms with van der Waals surface area (Å²) >= 11 is 0. The summed E-state index contributed by atoms with van der Waals surface area (Å²) < 4.78 is 43.1. The molecule has 0 bridgehead atoms. The maximum atomic E-state index is 12.7. The lowest BCUT2D eigenvalue weighted by molar-refractivity contribution is -0.139. The molecular weight excluding hydrogens is 233 g/mol. The Balaban J connectivity index is 3.02. The Morgan fingerprint density at radius 3 is 2.76 bits per heavy atom. The third kappa shape index (κ3) is 3.65. The van der Waals surface area contributed by atoms with Crippen LogP contribution in [0.1, 0.15) is 18.9 Å². The zero-order chi connectivity index (χ0) is 13.1. The summed E-state index contributed by atoms with van der Waals surface area (Å²) in [6.45, 7) is 5.12. The molecule has 0 saturated heterocycles. The van der Waals surface area contributed by atoms with Crippen molar-refractivity contribution >= 4 is 5.69 Å². The van der Waals surface area contributed by atoms with Gasteiger partial charge in [0.1, 0.15) is 11.7 Å². The van der Waals surface area contributed by atoms with E-state index in [9.17, 15) is 13.2 Å². The van der Waals surface area contributed by atoms with Gasteiger partial charge in [-0.1, -0.05) is 6.08 Å². The monoisotopic (exact) mass is 246 g/mol. The van der Waals surface area contributed by atoms with Crippen LogP contribution in [-0.4, -0.2) is 11.1 Å². The maximum Gasteiger partial charge on any atom is 0.421 e. The van der Waals surface area contributed by atoms with E-state index in [1.807, 2.05) is 0 Å². The zero-order valence-corrected chi connectivity index (χ0v) is 9.29. The van der Waals surface area contributed by atoms with Crippen LogP contribution in [0.15, 0.2) is 24.9 Å². The van der Waals surface area contributed by atoms with Gasteiger partial charge in [0.05, 0.1) is 11.9 Å². The highest BCUT2D eigenvalue weighted by Crippen LogP contribution is 2.36. The average molecular weight is 246 g/mol. The standard InChI is InChI=1S/C11H13F3N2O/c1-3-4-7(2)17-10-9(11(12,13)14)5-8(15)6-16-10/h3,5-7H,1,4,15H2,2H3/t7-/m1/s1. The Bertz CT molecular complexity index is 404. The van der Waals surface area contributed by atoms with E-state index < -0.39 is 23.7 Å². The molecule has 0 amide bonds. The Labute approximate surface area is 97.1 Å². The fourth-order valence-corrected chi connectivity index (χ4v) is 1.24. The largest absolute Gasteiger partial charge is 0.474 e. The van der Waals surface area contributed by atoms with Gasteiger partial charge in [0.2, 0.25) is 5.88 Å². The molecule has 0 fully saturated rings. The molecule has 0 aliphatic rings. The van der Waals surface area contributed by atoms with Gasteiger partial charge < -0.3 is 10.5 Å². The number of rotatable bonds is 4. The number of halogens is 3. The number of nitrogen functional groups attached to an aromatic ring is 1. The summed E-state index contributed by atoms with van der Waals surface area (Å²) in [5, 5.41) is 0. The summed E-state index contributed by atoms with van der Waals surface area (Å²) in [6, 6.07) is 0.808. The number of ether oxygens (including phenoxy) is 1. The second-order valence-corrected chi connectivity index (χ2v) is 3.57. The van der Waals surface area contributed by atoms with Gasteiger partial charge in [0.25, 0.3) is 0 Å². The third-order valence-corrected chi connectivity index (χ3v) is 1.99. The topological polar surface area (TPSA) is 48.1 Å². The minimum atomic E-state index is -4.54. The van der Waals surface area contributed by atoms with E-state index in [4.69, 9.17) is 10.5 Å². The molecule has 0 saturated carbocycles. The summed E-state index contributed by atoms with van der Waals surface area (Å²) in [5.74, 6) is -0.457. The first-order valence-electron chi connectivity index (χ1n) is 4.95. The normalized spacial score (nSPS) is 13.2. The summed E-state index contributed by atoms with van der Waals surface area (Å²) in [6.07, 6.45) is -1.83. The van der Waals surface area contributed by atoms with Crippen molar-refractivity contribution in [1.82, 2.24) is 4.98 Å². The lowest BCUT2D eigenvalue weighted by Gasteiger charge is -2.16. The summed E-state index contributed by atoms with van der Waals surface area (Å²) in [5.41, 5.74) is 4.26. The van der Waals surface area contributed by atoms with Crippen LogP contribution < -0.4 is 10.5 Å². The minimum absolute atomic E-state index is 0.0546. The first kappa shape index (κ1) is 13.3. The molecule has 0 aliphatic heterocycles. The fourth-order valence-electron chi connectivity index (χ4n) is 1.24. The third-order valence-electron chi connectivity index (χ3n) is 1.99. The van der Waals surface area contributed by atoms with E-state index in [1.165, 1.54) is 0 Å². The number of pyridine rings is 1. The Kier molecular flexibility index (Phi) is 3.98. The van der Waals surface area contributed by atoms with Crippen LogP contribution in [-0.2, 0) is 6.18 Å². The van der Waals surface area contributed by atoms with E-state index in [2.05, 4.69) is 11.6 Å². The van der Waals surface area contributed by atoms with Crippen LogP contribution in [0.3, 0.4) is 0 Å². The van der Waals surface area contributed by atoms with Gasteiger partial charge in [0.15, 0.2) is 0 Å². The first-order chi connectivity index (χ1) is 7.84. The number of nitrogens with two attached hydrogens (primary N) is 1. The van der Waals surface area contributed by atoms with E-state index in [0.717, 1.165) is 12.3 Å². The molecule has 0 aromatic carbocycles. The molecule has 0 unspecified atom stereocenters. The maximum absolute atomic E-state index is 12.7. The van der Waals surface area contributed by atoms with Crippen LogP contribution in [0.25, 0.3) is 0 Å². The molecule has 2 N–H and O–H groups in total. The molecule has 17 heavy (non-hydrogen) atoms. The molecule has 0 radical (unpaired) electrons. The molecule has 0 spiro atoms. The summed E-state index contributed by atoms with van der Waals surface area (Å²) in [4.78, 5) is 3.57. The van der Waals surface area contributed by atoms with Crippen molar-refractivity contribution in [1.29, 1.82) is 0 Å². The second-order valence-electron chi connectivity index (χ2n) is 3.57. The van der Waals surface area contributed by atoms with Crippen LogP contribution in [0, 0.1) is 0 Å². The van der Waals surface area contributed by atoms with Crippen molar-refractivity contribution in [2.45, 2.75) is 25.6 Å². The zero-order valence-electron chi connectivity index (χ0n) is 9.29. The Morgan fingerprint density at radius 2 is 2.24 bits per heavy atom. The molecule has 1 rings (SSSR count). The van der Waals surface area contributed by atoms with Gasteiger partial charge in [-0.05, 0) is 13.0 Å². The van der Waals surface area contributed by atoms with Gasteiger partial charge in [-0.15, -0.1) is 6.58 Å². The highest BCUT2D eigenvalue weighted by Gasteiger charge is 2.36. The fraction of sp³-hybridized carbons (Fsp3) is 0.364. The Morgan fingerprint density at radius 1 is 1.59 bits per heavy atom. The van der Waals surface area contributed by atoms with E-state index >= 15 is 0 Å². The van der Waals surface area contributed by atoms with Crippen LogP contribution in [0.4, 0.5) is 18.9 Å². The lowest BCUT2D eigenvalue weighted by atomic mass is 10.2. The predicted octanol–water partition coefficient (Wildman–Crippen LogP) is 3.03. The van der Waals surface area contributed by atoms with Gasteiger partial charge in [-0.2, -0.15) is 13.2 Å². The number of aromatic nitrogens is 1. The van der Waals surface area contributed by atoms with Crippen molar-refractivity contribution in [3.8, 4) is 5.88 Å². The van der Waals surface area contributed by atoms with Crippen LogP contribution in [0.5, 0.6) is 5.88 Å². The number of anilines is 1. The van der Waals surface area contributed by atoms with Crippen molar-refractivity contribution in [3.05, 3.63) is 30.5 Å². The molecule has 1 aromatic rings. The van der Waals surface area contributed by atoms with Gasteiger partial charge in [-0.25, -0.2) is 4.98 Å². The number of alkyl halides is 3. The molecular formula is C11H13F3N2O. The number of nitrogens with zero attached hydrogens (tertiary/aromatic N) is 1. The highest BCUT2D eigenvalue weighted by atomic mass is 19.4. The number of hydrogen-bond donors (Lipinski definition) is 1. The molecule has 1 atom stereocenters. The quantitative estimate of drug-likeness (QED) is 0.831.